The Morgan fingerprint density at radius 3 is 2.92 bits per heavy atom. The molecule has 0 unspecified atom stereocenters. The lowest BCUT2D eigenvalue weighted by atomic mass is 10.2. The summed E-state index contributed by atoms with van der Waals surface area (Å²) < 4.78 is 1.82. The van der Waals surface area contributed by atoms with Gasteiger partial charge in [-0.15, -0.1) is 0 Å². The molecule has 0 aliphatic heterocycles. The van der Waals surface area contributed by atoms with Gasteiger partial charge in [-0.3, -0.25) is 0 Å². The van der Waals surface area contributed by atoms with Crippen LogP contribution in [0.5, 0.6) is 0 Å². The van der Waals surface area contributed by atoms with Crippen LogP contribution in [0.3, 0.4) is 0 Å². The summed E-state index contributed by atoms with van der Waals surface area (Å²) in [4.78, 5) is 14.5. The van der Waals surface area contributed by atoms with Crippen molar-refractivity contribution in [3.8, 4) is 0 Å². The minimum absolute atomic E-state index is 0.439. The SMILES string of the molecule is CCC(=CCn1ccnc1)C(=O)O. The number of rotatable bonds is 4. The van der Waals surface area contributed by atoms with Gasteiger partial charge in [0.1, 0.15) is 0 Å². The number of aromatic nitrogens is 2. The van der Waals surface area contributed by atoms with E-state index in [1.54, 1.807) is 24.8 Å². The maximum absolute atomic E-state index is 10.6. The highest BCUT2D eigenvalue weighted by Gasteiger charge is 2.02. The molecule has 0 aliphatic rings. The van der Waals surface area contributed by atoms with Crippen molar-refractivity contribution in [3.05, 3.63) is 30.4 Å². The van der Waals surface area contributed by atoms with Crippen molar-refractivity contribution in [2.24, 2.45) is 0 Å². The normalized spacial score (nSPS) is 11.6. The smallest absolute Gasteiger partial charge is 0.331 e. The number of allylic oxidation sites excluding steroid dienone is 1. The Bertz CT molecular complexity index is 301. The molecule has 0 fully saturated rings. The Morgan fingerprint density at radius 1 is 1.69 bits per heavy atom. The molecule has 13 heavy (non-hydrogen) atoms. The molecule has 0 radical (unpaired) electrons. The van der Waals surface area contributed by atoms with E-state index in [0.717, 1.165) is 0 Å². The zero-order valence-corrected chi connectivity index (χ0v) is 7.47. The van der Waals surface area contributed by atoms with E-state index in [1.807, 2.05) is 11.5 Å². The predicted octanol–water partition coefficient (Wildman–Crippen LogP) is 1.30. The minimum atomic E-state index is -0.845. The van der Waals surface area contributed by atoms with Gasteiger partial charge in [0.25, 0.3) is 0 Å². The molecule has 1 rings (SSSR count). The van der Waals surface area contributed by atoms with E-state index in [0.29, 0.717) is 18.5 Å². The van der Waals surface area contributed by atoms with Crippen LogP contribution in [0.25, 0.3) is 0 Å². The molecule has 70 valence electrons. The first-order chi connectivity index (χ1) is 6.24. The number of carbonyl (C=O) groups is 1. The van der Waals surface area contributed by atoms with E-state index in [2.05, 4.69) is 4.98 Å². The first-order valence-corrected chi connectivity index (χ1v) is 4.12. The molecular weight excluding hydrogens is 168 g/mol. The average Bonchev–Trinajstić information content (AvgIpc) is 2.57. The topological polar surface area (TPSA) is 55.1 Å². The molecule has 0 aliphatic carbocycles. The van der Waals surface area contributed by atoms with Crippen LogP contribution in [0.1, 0.15) is 13.3 Å². The second kappa shape index (κ2) is 4.45. The van der Waals surface area contributed by atoms with Crippen LogP contribution in [0.15, 0.2) is 30.4 Å². The molecular formula is C9H12N2O2. The lowest BCUT2D eigenvalue weighted by Crippen LogP contribution is -2.01. The van der Waals surface area contributed by atoms with Gasteiger partial charge in [-0.1, -0.05) is 13.0 Å². The van der Waals surface area contributed by atoms with Gasteiger partial charge in [0, 0.05) is 24.5 Å². The van der Waals surface area contributed by atoms with Gasteiger partial charge in [0.05, 0.1) is 6.33 Å². The molecule has 0 amide bonds. The van der Waals surface area contributed by atoms with Crippen LogP contribution in [0, 0.1) is 0 Å². The van der Waals surface area contributed by atoms with Crippen molar-refractivity contribution in [1.29, 1.82) is 0 Å². The third-order valence-electron chi connectivity index (χ3n) is 1.76. The standard InChI is InChI=1S/C9H12N2O2/c1-2-8(9(12)13)3-5-11-6-4-10-7-11/h3-4,6-7H,2,5H2,1H3,(H,12,13). The fourth-order valence-corrected chi connectivity index (χ4v) is 0.993. The van der Waals surface area contributed by atoms with Crippen LogP contribution in [0.4, 0.5) is 0 Å². The van der Waals surface area contributed by atoms with Crippen LogP contribution >= 0.6 is 0 Å². The van der Waals surface area contributed by atoms with E-state index >= 15 is 0 Å². The molecule has 1 aromatic heterocycles. The summed E-state index contributed by atoms with van der Waals surface area (Å²) in [6.45, 7) is 2.39. The second-order valence-corrected chi connectivity index (χ2v) is 2.65. The number of hydrogen-bond acceptors (Lipinski definition) is 2. The highest BCUT2D eigenvalue weighted by atomic mass is 16.4. The summed E-state index contributed by atoms with van der Waals surface area (Å²) in [6.07, 6.45) is 7.37. The summed E-state index contributed by atoms with van der Waals surface area (Å²) in [5.74, 6) is -0.845. The molecule has 1 heterocycles. The van der Waals surface area contributed by atoms with E-state index in [1.165, 1.54) is 0 Å². The van der Waals surface area contributed by atoms with Gasteiger partial charge in [0.15, 0.2) is 0 Å². The van der Waals surface area contributed by atoms with Gasteiger partial charge in [-0.2, -0.15) is 0 Å². The van der Waals surface area contributed by atoms with E-state index in [9.17, 15) is 4.79 Å². The Hall–Kier alpha value is -1.58. The molecule has 4 heteroatoms. The fraction of sp³-hybridized carbons (Fsp3) is 0.333. The van der Waals surface area contributed by atoms with E-state index in [-0.39, 0.29) is 0 Å². The molecule has 0 saturated carbocycles. The molecule has 0 atom stereocenters. The maximum atomic E-state index is 10.6. The minimum Gasteiger partial charge on any atom is -0.478 e. The number of carboxylic acid groups (broad SMARTS) is 1. The van der Waals surface area contributed by atoms with Crippen LogP contribution in [0.2, 0.25) is 0 Å². The first-order valence-electron chi connectivity index (χ1n) is 4.12. The summed E-state index contributed by atoms with van der Waals surface area (Å²) in [5, 5.41) is 8.71. The summed E-state index contributed by atoms with van der Waals surface area (Å²) >= 11 is 0. The van der Waals surface area contributed by atoms with Gasteiger partial charge in [0.2, 0.25) is 0 Å². The van der Waals surface area contributed by atoms with Crippen molar-refractivity contribution in [2.45, 2.75) is 19.9 Å². The highest BCUT2D eigenvalue weighted by Crippen LogP contribution is 2.01. The summed E-state index contributed by atoms with van der Waals surface area (Å²) in [6, 6.07) is 0. The van der Waals surface area contributed by atoms with Crippen molar-refractivity contribution in [2.75, 3.05) is 0 Å². The quantitative estimate of drug-likeness (QED) is 0.710. The largest absolute Gasteiger partial charge is 0.478 e. The lowest BCUT2D eigenvalue weighted by molar-refractivity contribution is -0.132. The lowest BCUT2D eigenvalue weighted by Gasteiger charge is -1.98. The van der Waals surface area contributed by atoms with Gasteiger partial charge in [-0.25, -0.2) is 9.78 Å². The van der Waals surface area contributed by atoms with E-state index < -0.39 is 5.97 Å². The van der Waals surface area contributed by atoms with Crippen molar-refractivity contribution in [1.82, 2.24) is 9.55 Å². The summed E-state index contributed by atoms with van der Waals surface area (Å²) in [5.41, 5.74) is 0.439. The molecule has 4 nitrogen and oxygen atoms in total. The van der Waals surface area contributed by atoms with Crippen LogP contribution in [-0.4, -0.2) is 20.6 Å². The monoisotopic (exact) mass is 180 g/mol. The maximum Gasteiger partial charge on any atom is 0.331 e. The third-order valence-corrected chi connectivity index (χ3v) is 1.76. The van der Waals surface area contributed by atoms with Crippen LogP contribution < -0.4 is 0 Å². The Kier molecular flexibility index (Phi) is 3.25. The predicted molar refractivity (Wildman–Crippen MR) is 48.2 cm³/mol. The molecule has 1 N–H and O–H groups in total. The molecule has 0 bridgehead atoms. The zero-order chi connectivity index (χ0) is 9.68. The number of imidazole rings is 1. The Labute approximate surface area is 76.5 Å². The van der Waals surface area contributed by atoms with Gasteiger partial charge < -0.3 is 9.67 Å². The molecule has 1 aromatic rings. The first kappa shape index (κ1) is 9.51. The average molecular weight is 180 g/mol. The van der Waals surface area contributed by atoms with Gasteiger partial charge in [-0.05, 0) is 6.42 Å². The van der Waals surface area contributed by atoms with Crippen LogP contribution in [-0.2, 0) is 11.3 Å². The summed E-state index contributed by atoms with van der Waals surface area (Å²) in [7, 11) is 0. The highest BCUT2D eigenvalue weighted by molar-refractivity contribution is 5.86. The van der Waals surface area contributed by atoms with E-state index in [4.69, 9.17) is 5.11 Å². The zero-order valence-electron chi connectivity index (χ0n) is 7.47. The van der Waals surface area contributed by atoms with Gasteiger partial charge >= 0.3 is 5.97 Å². The fourth-order valence-electron chi connectivity index (χ4n) is 0.993. The number of carboxylic acids is 1. The molecule has 0 spiro atoms. The second-order valence-electron chi connectivity index (χ2n) is 2.65. The number of hydrogen-bond donors (Lipinski definition) is 1. The van der Waals surface area contributed by atoms with Crippen molar-refractivity contribution >= 4 is 5.97 Å². The van der Waals surface area contributed by atoms with Crippen molar-refractivity contribution < 1.29 is 9.90 Å². The Balaban J connectivity index is 2.60. The third kappa shape index (κ3) is 2.74. The number of aliphatic carboxylic acids is 1. The molecule has 0 saturated heterocycles. The number of nitrogens with zero attached hydrogens (tertiary/aromatic N) is 2. The molecule has 0 aromatic carbocycles. The van der Waals surface area contributed by atoms with Crippen molar-refractivity contribution in [3.63, 3.8) is 0 Å². The Morgan fingerprint density at radius 2 is 2.46 bits per heavy atom.